The number of rotatable bonds is 1. The number of amidine groups is 1. The second kappa shape index (κ2) is 6.25. The number of nitro groups is 1. The van der Waals surface area contributed by atoms with Crippen LogP contribution < -0.4 is 5.73 Å². The number of hydrogen-bond donors (Lipinski definition) is 1. The van der Waals surface area contributed by atoms with Crippen LogP contribution >= 0.6 is 0 Å². The van der Waals surface area contributed by atoms with Gasteiger partial charge in [-0.1, -0.05) is 25.5 Å². The Balaban J connectivity index is 0.000000293. The first-order valence-corrected chi connectivity index (χ1v) is 5.34. The van der Waals surface area contributed by atoms with Gasteiger partial charge in [-0.3, -0.25) is 0 Å². The van der Waals surface area contributed by atoms with Gasteiger partial charge in [0.1, 0.15) is 0 Å². The molecule has 0 unspecified atom stereocenters. The molecule has 0 aliphatic heterocycles. The fourth-order valence-electron chi connectivity index (χ4n) is 1.32. The molecule has 2 N–H and O–H groups in total. The van der Waals surface area contributed by atoms with E-state index in [2.05, 4.69) is 31.9 Å². The zero-order valence-electron chi connectivity index (χ0n) is 10.5. The zero-order chi connectivity index (χ0) is 12.8. The Labute approximate surface area is 96.6 Å². The highest BCUT2D eigenvalue weighted by Crippen LogP contribution is 2.33. The van der Waals surface area contributed by atoms with E-state index < -0.39 is 5.03 Å². The van der Waals surface area contributed by atoms with Gasteiger partial charge in [-0.2, -0.15) is 0 Å². The minimum absolute atomic E-state index is 0.0370. The monoisotopic (exact) mass is 227 g/mol. The molecule has 5 heteroatoms. The topological polar surface area (TPSA) is 81.5 Å². The second-order valence-corrected chi connectivity index (χ2v) is 4.90. The summed E-state index contributed by atoms with van der Waals surface area (Å²) in [7, 11) is 0. The molecule has 0 atom stereocenters. The van der Waals surface area contributed by atoms with E-state index in [-0.39, 0.29) is 5.84 Å². The van der Waals surface area contributed by atoms with Crippen molar-refractivity contribution in [3.63, 3.8) is 0 Å². The minimum atomic E-state index is -0.838. The van der Waals surface area contributed by atoms with Crippen LogP contribution in [0.4, 0.5) is 0 Å². The van der Waals surface area contributed by atoms with Crippen molar-refractivity contribution in [1.82, 2.24) is 0 Å². The number of hydrogen-bond acceptors (Lipinski definition) is 2. The molecule has 0 aromatic rings. The van der Waals surface area contributed by atoms with E-state index in [4.69, 9.17) is 5.73 Å². The van der Waals surface area contributed by atoms with E-state index in [0.29, 0.717) is 5.41 Å². The summed E-state index contributed by atoms with van der Waals surface area (Å²) in [5.74, 6) is -0.0370. The Hall–Kier alpha value is -1.39. The van der Waals surface area contributed by atoms with Gasteiger partial charge in [0.15, 0.2) is 10.9 Å². The number of hydrazone groups is 1. The third-order valence-electron chi connectivity index (χ3n) is 2.44. The van der Waals surface area contributed by atoms with Gasteiger partial charge in [-0.25, -0.2) is 10.1 Å². The molecule has 0 spiro atoms. The van der Waals surface area contributed by atoms with Gasteiger partial charge < -0.3 is 5.73 Å². The first kappa shape index (κ1) is 14.6. The van der Waals surface area contributed by atoms with Crippen LogP contribution in [0.2, 0.25) is 0 Å². The fraction of sp³-hybridized carbons (Fsp3) is 0.727. The molecule has 1 rings (SSSR count). The highest BCUT2D eigenvalue weighted by atomic mass is 16.7. The van der Waals surface area contributed by atoms with Gasteiger partial charge in [-0.05, 0) is 38.5 Å². The summed E-state index contributed by atoms with van der Waals surface area (Å²) in [6.45, 7) is 8.27. The van der Waals surface area contributed by atoms with Crippen molar-refractivity contribution in [2.45, 2.75) is 47.0 Å². The molecule has 16 heavy (non-hydrogen) atoms. The molecule has 1 aliphatic rings. The van der Waals surface area contributed by atoms with Gasteiger partial charge in [-0.15, -0.1) is 0 Å². The quantitative estimate of drug-likeness (QED) is 0.246. The van der Waals surface area contributed by atoms with E-state index in [1.54, 1.807) is 5.57 Å². The lowest BCUT2D eigenvalue weighted by atomic mass is 9.79. The lowest BCUT2D eigenvalue weighted by Crippen LogP contribution is -2.13. The summed E-state index contributed by atoms with van der Waals surface area (Å²) in [4.78, 5) is 9.35. The van der Waals surface area contributed by atoms with Crippen LogP contribution in [0.25, 0.3) is 0 Å². The first-order chi connectivity index (χ1) is 7.23. The van der Waals surface area contributed by atoms with Crippen LogP contribution in [0, 0.1) is 15.5 Å². The molecule has 0 fully saturated rings. The predicted octanol–water partition coefficient (Wildman–Crippen LogP) is 2.70. The SMILES string of the molecule is C/C(N)=N\[N+](=O)[O-].CC1=CCC(C)(C)CC1. The van der Waals surface area contributed by atoms with Crippen molar-refractivity contribution in [2.24, 2.45) is 16.3 Å². The summed E-state index contributed by atoms with van der Waals surface area (Å²) in [6, 6.07) is 0. The Kier molecular flexibility index (Phi) is 5.71. The Bertz CT molecular complexity index is 302. The smallest absolute Gasteiger partial charge is 0.192 e. The highest BCUT2D eigenvalue weighted by Gasteiger charge is 2.19. The van der Waals surface area contributed by atoms with Crippen molar-refractivity contribution >= 4 is 5.84 Å². The van der Waals surface area contributed by atoms with Gasteiger partial charge in [0.25, 0.3) is 0 Å². The molecule has 0 bridgehead atoms. The molecule has 0 aromatic heterocycles. The molecule has 0 heterocycles. The Morgan fingerprint density at radius 2 is 2.19 bits per heavy atom. The molecule has 0 radical (unpaired) electrons. The summed E-state index contributed by atoms with van der Waals surface area (Å²) < 4.78 is 0. The largest absolute Gasteiger partial charge is 0.382 e. The molecule has 0 aromatic carbocycles. The fourth-order valence-corrected chi connectivity index (χ4v) is 1.32. The van der Waals surface area contributed by atoms with Gasteiger partial charge in [0, 0.05) is 0 Å². The Morgan fingerprint density at radius 1 is 1.62 bits per heavy atom. The lowest BCUT2D eigenvalue weighted by Gasteiger charge is -2.27. The average molecular weight is 227 g/mol. The number of nitrogens with zero attached hydrogens (tertiary/aromatic N) is 2. The highest BCUT2D eigenvalue weighted by molar-refractivity contribution is 5.76. The maximum absolute atomic E-state index is 9.35. The number of nitrogens with two attached hydrogens (primary N) is 1. The summed E-state index contributed by atoms with van der Waals surface area (Å²) in [5, 5.41) is 11.2. The van der Waals surface area contributed by atoms with E-state index in [9.17, 15) is 10.1 Å². The molecule has 0 saturated heterocycles. The summed E-state index contributed by atoms with van der Waals surface area (Å²) in [6.07, 6.45) is 6.34. The van der Waals surface area contributed by atoms with Crippen LogP contribution in [0.5, 0.6) is 0 Å². The normalized spacial score (nSPS) is 19.2. The molecule has 92 valence electrons. The molecule has 5 nitrogen and oxygen atoms in total. The van der Waals surface area contributed by atoms with E-state index in [1.165, 1.54) is 26.2 Å². The third-order valence-corrected chi connectivity index (χ3v) is 2.44. The second-order valence-electron chi connectivity index (χ2n) is 4.90. The van der Waals surface area contributed by atoms with Crippen molar-refractivity contribution in [3.8, 4) is 0 Å². The van der Waals surface area contributed by atoms with Crippen LogP contribution in [0.3, 0.4) is 0 Å². The van der Waals surface area contributed by atoms with Crippen LogP contribution in [-0.2, 0) is 0 Å². The van der Waals surface area contributed by atoms with E-state index >= 15 is 0 Å². The lowest BCUT2D eigenvalue weighted by molar-refractivity contribution is -0.485. The van der Waals surface area contributed by atoms with E-state index in [1.807, 2.05) is 0 Å². The summed E-state index contributed by atoms with van der Waals surface area (Å²) in [5.41, 5.74) is 6.96. The zero-order valence-corrected chi connectivity index (χ0v) is 10.5. The van der Waals surface area contributed by atoms with E-state index in [0.717, 1.165) is 0 Å². The predicted molar refractivity (Wildman–Crippen MR) is 65.7 cm³/mol. The first-order valence-electron chi connectivity index (χ1n) is 5.34. The van der Waals surface area contributed by atoms with Gasteiger partial charge in [0.2, 0.25) is 0 Å². The average Bonchev–Trinajstić information content (AvgIpc) is 2.09. The van der Waals surface area contributed by atoms with Crippen molar-refractivity contribution in [1.29, 1.82) is 0 Å². The minimum Gasteiger partial charge on any atom is -0.382 e. The van der Waals surface area contributed by atoms with Crippen LogP contribution in [0.1, 0.15) is 47.0 Å². The van der Waals surface area contributed by atoms with Crippen LogP contribution in [0.15, 0.2) is 16.8 Å². The molecule has 0 amide bonds. The maximum Gasteiger partial charge on any atom is 0.192 e. The Morgan fingerprint density at radius 3 is 2.38 bits per heavy atom. The van der Waals surface area contributed by atoms with Crippen molar-refractivity contribution in [3.05, 3.63) is 21.8 Å². The molecule has 1 aliphatic carbocycles. The van der Waals surface area contributed by atoms with Crippen LogP contribution in [-0.4, -0.2) is 10.9 Å². The van der Waals surface area contributed by atoms with Crippen molar-refractivity contribution in [2.75, 3.05) is 0 Å². The van der Waals surface area contributed by atoms with Crippen molar-refractivity contribution < 1.29 is 5.03 Å². The maximum atomic E-state index is 9.35. The molecule has 0 saturated carbocycles. The standard InChI is InChI=1S/C9H16.C2H5N3O2/c1-8-4-6-9(2,3)7-5-8;1-2(3)4-5(6)7/h4H,5-7H2,1-3H3;1H3,(H2,3,4). The number of allylic oxidation sites excluding steroid dienone is 2. The van der Waals surface area contributed by atoms with Gasteiger partial charge >= 0.3 is 0 Å². The third kappa shape index (κ3) is 7.96. The summed E-state index contributed by atoms with van der Waals surface area (Å²) >= 11 is 0. The molecular weight excluding hydrogens is 206 g/mol. The van der Waals surface area contributed by atoms with Gasteiger partial charge in [0.05, 0.1) is 5.10 Å². The molecular formula is C11H21N3O2.